The molecule has 0 saturated heterocycles. The van der Waals surface area contributed by atoms with Crippen LogP contribution in [0.3, 0.4) is 0 Å². The van der Waals surface area contributed by atoms with Crippen LogP contribution >= 0.6 is 11.3 Å². The maximum atomic E-state index is 10.5. The highest BCUT2D eigenvalue weighted by Crippen LogP contribution is 2.34. The Bertz CT molecular complexity index is 576. The van der Waals surface area contributed by atoms with Crippen LogP contribution in [-0.2, 0) is 32.7 Å². The van der Waals surface area contributed by atoms with Crippen LogP contribution in [-0.4, -0.2) is 14.9 Å². The fraction of sp³-hybridized carbons (Fsp3) is 0.562. The highest BCUT2D eigenvalue weighted by molar-refractivity contribution is 7.12. The number of fused-ring (bicyclic) bond motifs is 1. The van der Waals surface area contributed by atoms with Crippen LogP contribution in [0.4, 0.5) is 0 Å². The molecule has 3 rings (SSSR count). The zero-order chi connectivity index (χ0) is 14.1. The van der Waals surface area contributed by atoms with Gasteiger partial charge in [-0.15, -0.1) is 11.3 Å². The van der Waals surface area contributed by atoms with Crippen molar-refractivity contribution >= 4 is 11.3 Å². The van der Waals surface area contributed by atoms with Gasteiger partial charge < -0.3 is 5.11 Å². The molecule has 20 heavy (non-hydrogen) atoms. The van der Waals surface area contributed by atoms with Crippen LogP contribution in [0.1, 0.15) is 52.6 Å². The number of aromatic nitrogens is 2. The standard InChI is InChI=1S/C16H22N2OS/c1-3-12-9-13(18(2)17-12)10-14(19)16-8-11-6-4-5-7-15(11)20-16/h8-9,14,19H,3-7,10H2,1-2H3. The first-order valence-electron chi connectivity index (χ1n) is 7.48. The minimum absolute atomic E-state index is 0.397. The van der Waals surface area contributed by atoms with Gasteiger partial charge in [0.25, 0.3) is 0 Å². The lowest BCUT2D eigenvalue weighted by Crippen LogP contribution is -2.05. The van der Waals surface area contributed by atoms with E-state index in [0.717, 1.165) is 22.7 Å². The summed E-state index contributed by atoms with van der Waals surface area (Å²) in [6, 6.07) is 4.33. The van der Waals surface area contributed by atoms with Gasteiger partial charge in [0.2, 0.25) is 0 Å². The molecule has 1 aliphatic rings. The zero-order valence-electron chi connectivity index (χ0n) is 12.2. The molecule has 1 aliphatic carbocycles. The van der Waals surface area contributed by atoms with Crippen LogP contribution in [0.15, 0.2) is 12.1 Å². The van der Waals surface area contributed by atoms with Crippen LogP contribution in [0, 0.1) is 0 Å². The third-order valence-corrected chi connectivity index (χ3v) is 5.47. The normalized spacial score (nSPS) is 16.1. The predicted molar refractivity (Wildman–Crippen MR) is 82.2 cm³/mol. The number of rotatable bonds is 4. The average molecular weight is 290 g/mol. The summed E-state index contributed by atoms with van der Waals surface area (Å²) in [5.41, 5.74) is 3.68. The van der Waals surface area contributed by atoms with Crippen molar-refractivity contribution < 1.29 is 5.11 Å². The van der Waals surface area contributed by atoms with Crippen molar-refractivity contribution in [1.29, 1.82) is 0 Å². The maximum absolute atomic E-state index is 10.5. The van der Waals surface area contributed by atoms with E-state index in [1.807, 2.05) is 11.7 Å². The molecule has 1 unspecified atom stereocenters. The summed E-state index contributed by atoms with van der Waals surface area (Å²) in [4.78, 5) is 2.61. The molecule has 108 valence electrons. The summed E-state index contributed by atoms with van der Waals surface area (Å²) in [6.07, 6.45) is 6.17. The molecule has 0 aliphatic heterocycles. The Kier molecular flexibility index (Phi) is 3.94. The number of aliphatic hydroxyl groups is 1. The van der Waals surface area contributed by atoms with Crippen molar-refractivity contribution in [3.8, 4) is 0 Å². The van der Waals surface area contributed by atoms with Gasteiger partial charge in [-0.1, -0.05) is 6.92 Å². The molecule has 0 bridgehead atoms. The van der Waals surface area contributed by atoms with Crippen LogP contribution in [0.2, 0.25) is 0 Å². The molecule has 0 aromatic carbocycles. The SMILES string of the molecule is CCc1cc(CC(O)c2cc3c(s2)CCCC3)n(C)n1. The van der Waals surface area contributed by atoms with Crippen molar-refractivity contribution in [2.75, 3.05) is 0 Å². The number of aryl methyl sites for hydroxylation is 4. The largest absolute Gasteiger partial charge is 0.387 e. The Morgan fingerprint density at radius 1 is 1.35 bits per heavy atom. The van der Waals surface area contributed by atoms with E-state index in [-0.39, 0.29) is 0 Å². The molecular weight excluding hydrogens is 268 g/mol. The second kappa shape index (κ2) is 5.70. The zero-order valence-corrected chi connectivity index (χ0v) is 13.0. The number of hydrogen-bond donors (Lipinski definition) is 1. The van der Waals surface area contributed by atoms with Gasteiger partial charge in [-0.25, -0.2) is 0 Å². The Morgan fingerprint density at radius 2 is 2.15 bits per heavy atom. The van der Waals surface area contributed by atoms with Gasteiger partial charge >= 0.3 is 0 Å². The number of nitrogens with zero attached hydrogens (tertiary/aromatic N) is 2. The molecule has 0 radical (unpaired) electrons. The molecule has 2 heterocycles. The molecular formula is C16H22N2OS. The molecule has 4 heteroatoms. The molecule has 0 spiro atoms. The summed E-state index contributed by atoms with van der Waals surface area (Å²) in [6.45, 7) is 2.11. The van der Waals surface area contributed by atoms with Crippen LogP contribution in [0.5, 0.6) is 0 Å². The van der Waals surface area contributed by atoms with Crippen LogP contribution < -0.4 is 0 Å². The third-order valence-electron chi connectivity index (χ3n) is 4.14. The molecule has 0 amide bonds. The second-order valence-electron chi connectivity index (χ2n) is 5.63. The Morgan fingerprint density at radius 3 is 2.85 bits per heavy atom. The molecule has 0 fully saturated rings. The van der Waals surface area contributed by atoms with Crippen LogP contribution in [0.25, 0.3) is 0 Å². The van der Waals surface area contributed by atoms with E-state index >= 15 is 0 Å². The average Bonchev–Trinajstić information content (AvgIpc) is 3.02. The van der Waals surface area contributed by atoms with Gasteiger partial charge in [-0.05, 0) is 49.8 Å². The molecule has 2 aromatic heterocycles. The first-order chi connectivity index (χ1) is 9.67. The lowest BCUT2D eigenvalue weighted by atomic mass is 9.98. The van der Waals surface area contributed by atoms with Gasteiger partial charge in [0.15, 0.2) is 0 Å². The van der Waals surface area contributed by atoms with Crippen molar-refractivity contribution in [1.82, 2.24) is 9.78 Å². The number of thiophene rings is 1. The van der Waals surface area contributed by atoms with E-state index in [1.54, 1.807) is 11.3 Å². The first-order valence-corrected chi connectivity index (χ1v) is 8.30. The Hall–Kier alpha value is -1.13. The smallest absolute Gasteiger partial charge is 0.0937 e. The minimum Gasteiger partial charge on any atom is -0.387 e. The molecule has 3 nitrogen and oxygen atoms in total. The van der Waals surface area contributed by atoms with Crippen molar-refractivity contribution in [3.05, 3.63) is 38.8 Å². The highest BCUT2D eigenvalue weighted by Gasteiger charge is 2.19. The van der Waals surface area contributed by atoms with Crippen molar-refractivity contribution in [2.24, 2.45) is 7.05 Å². The van der Waals surface area contributed by atoms with Gasteiger partial charge in [-0.2, -0.15) is 5.10 Å². The van der Waals surface area contributed by atoms with Gasteiger partial charge in [0.05, 0.1) is 11.8 Å². The summed E-state index contributed by atoms with van der Waals surface area (Å²) in [5.74, 6) is 0. The van der Waals surface area contributed by atoms with E-state index in [2.05, 4.69) is 24.2 Å². The molecule has 0 saturated carbocycles. The summed E-state index contributed by atoms with van der Waals surface area (Å²) in [7, 11) is 1.96. The van der Waals surface area contributed by atoms with Gasteiger partial charge in [0, 0.05) is 28.9 Å². The molecule has 1 N–H and O–H groups in total. The fourth-order valence-corrected chi connectivity index (χ4v) is 4.16. The summed E-state index contributed by atoms with van der Waals surface area (Å²) >= 11 is 1.80. The van der Waals surface area contributed by atoms with E-state index in [1.165, 1.54) is 36.1 Å². The Labute approximate surface area is 124 Å². The first kappa shape index (κ1) is 13.8. The lowest BCUT2D eigenvalue weighted by Gasteiger charge is -2.08. The lowest BCUT2D eigenvalue weighted by molar-refractivity contribution is 0.179. The highest BCUT2D eigenvalue weighted by atomic mass is 32.1. The number of hydrogen-bond acceptors (Lipinski definition) is 3. The Balaban J connectivity index is 1.76. The summed E-state index contributed by atoms with van der Waals surface area (Å²) in [5, 5.41) is 14.9. The third kappa shape index (κ3) is 2.67. The molecule has 1 atom stereocenters. The van der Waals surface area contributed by atoms with E-state index < -0.39 is 6.10 Å². The topological polar surface area (TPSA) is 38.0 Å². The van der Waals surface area contributed by atoms with Gasteiger partial charge in [0.1, 0.15) is 0 Å². The van der Waals surface area contributed by atoms with Crippen molar-refractivity contribution in [3.63, 3.8) is 0 Å². The predicted octanol–water partition coefficient (Wildman–Crippen LogP) is 3.20. The maximum Gasteiger partial charge on any atom is 0.0937 e. The fourth-order valence-electron chi connectivity index (χ4n) is 2.91. The summed E-state index contributed by atoms with van der Waals surface area (Å²) < 4.78 is 1.90. The quantitative estimate of drug-likeness (QED) is 0.939. The van der Waals surface area contributed by atoms with E-state index in [0.29, 0.717) is 6.42 Å². The minimum atomic E-state index is -0.397. The van der Waals surface area contributed by atoms with E-state index in [9.17, 15) is 5.11 Å². The van der Waals surface area contributed by atoms with Gasteiger partial charge in [-0.3, -0.25) is 4.68 Å². The molecule has 2 aromatic rings. The van der Waals surface area contributed by atoms with E-state index in [4.69, 9.17) is 0 Å². The second-order valence-corrected chi connectivity index (χ2v) is 6.80. The number of aliphatic hydroxyl groups excluding tert-OH is 1. The van der Waals surface area contributed by atoms with Crippen molar-refractivity contribution in [2.45, 2.75) is 51.6 Å². The monoisotopic (exact) mass is 290 g/mol.